The monoisotopic (exact) mass is 191 g/mol. The maximum atomic E-state index is 5.39. The van der Waals surface area contributed by atoms with Gasteiger partial charge in [0.1, 0.15) is 0 Å². The Morgan fingerprint density at radius 3 is 2.50 bits per heavy atom. The highest BCUT2D eigenvalue weighted by Crippen LogP contribution is 2.42. The maximum absolute atomic E-state index is 5.39. The van der Waals surface area contributed by atoms with Crippen molar-refractivity contribution in [2.24, 2.45) is 5.41 Å². The number of likely N-dealkylation sites (tertiary alicyclic amines) is 1. The van der Waals surface area contributed by atoms with Gasteiger partial charge in [0.25, 0.3) is 0 Å². The summed E-state index contributed by atoms with van der Waals surface area (Å²) in [4.78, 5) is 2.48. The fraction of sp³-hybridized carbons (Fsp3) is 0.846. The molecule has 0 atom stereocenters. The molecule has 0 N–H and O–H groups in total. The van der Waals surface area contributed by atoms with Crippen LogP contribution < -0.4 is 0 Å². The number of nitrogens with zero attached hydrogens (tertiary/aromatic N) is 1. The van der Waals surface area contributed by atoms with Crippen LogP contribution in [0.25, 0.3) is 0 Å². The molecule has 14 heavy (non-hydrogen) atoms. The molecule has 1 aliphatic carbocycles. The van der Waals surface area contributed by atoms with E-state index in [1.165, 1.54) is 58.0 Å². The molecular weight excluding hydrogens is 170 g/mol. The molecule has 0 aromatic heterocycles. The minimum atomic E-state index is 0.660. The molecule has 1 aliphatic heterocycles. The van der Waals surface area contributed by atoms with Gasteiger partial charge in [-0.3, -0.25) is 4.90 Å². The van der Waals surface area contributed by atoms with Crippen LogP contribution in [0.5, 0.6) is 0 Å². The molecule has 0 unspecified atom stereocenters. The van der Waals surface area contributed by atoms with Gasteiger partial charge in [0.15, 0.2) is 0 Å². The summed E-state index contributed by atoms with van der Waals surface area (Å²) in [5.74, 6) is 2.79. The van der Waals surface area contributed by atoms with Crippen LogP contribution in [0.4, 0.5) is 0 Å². The van der Waals surface area contributed by atoms with Crippen LogP contribution in [-0.2, 0) is 0 Å². The van der Waals surface area contributed by atoms with Crippen LogP contribution in [0, 0.1) is 17.8 Å². The van der Waals surface area contributed by atoms with Crippen molar-refractivity contribution in [1.29, 1.82) is 0 Å². The zero-order valence-electron chi connectivity index (χ0n) is 9.10. The molecular formula is C13H21N. The SMILES string of the molecule is C#CCN1CCCC2(CCCCC2)C1. The zero-order valence-corrected chi connectivity index (χ0v) is 9.10. The summed E-state index contributed by atoms with van der Waals surface area (Å²) in [6.07, 6.45) is 15.5. The predicted molar refractivity (Wildman–Crippen MR) is 60.0 cm³/mol. The third-order valence-electron chi connectivity index (χ3n) is 3.97. The molecule has 78 valence electrons. The van der Waals surface area contributed by atoms with E-state index in [4.69, 9.17) is 6.42 Å². The molecule has 0 aromatic carbocycles. The minimum absolute atomic E-state index is 0.660. The van der Waals surface area contributed by atoms with Gasteiger partial charge in [-0.15, -0.1) is 6.42 Å². The molecule has 0 aromatic rings. The lowest BCUT2D eigenvalue weighted by molar-refractivity contribution is 0.0617. The molecule has 2 aliphatic rings. The fourth-order valence-corrected chi connectivity index (χ4v) is 3.28. The highest BCUT2D eigenvalue weighted by atomic mass is 15.1. The van der Waals surface area contributed by atoms with Crippen molar-refractivity contribution in [3.8, 4) is 12.3 Å². The van der Waals surface area contributed by atoms with Gasteiger partial charge in [0.2, 0.25) is 0 Å². The van der Waals surface area contributed by atoms with Gasteiger partial charge in [0, 0.05) is 6.54 Å². The Morgan fingerprint density at radius 1 is 1.07 bits per heavy atom. The van der Waals surface area contributed by atoms with Crippen LogP contribution >= 0.6 is 0 Å². The average molecular weight is 191 g/mol. The second kappa shape index (κ2) is 4.36. The fourth-order valence-electron chi connectivity index (χ4n) is 3.28. The van der Waals surface area contributed by atoms with Crippen molar-refractivity contribution in [2.45, 2.75) is 44.9 Å². The molecule has 0 radical (unpaired) electrons. The van der Waals surface area contributed by atoms with Crippen LogP contribution in [0.2, 0.25) is 0 Å². The first-order chi connectivity index (χ1) is 6.85. The van der Waals surface area contributed by atoms with Gasteiger partial charge >= 0.3 is 0 Å². The molecule has 2 fully saturated rings. The predicted octanol–water partition coefficient (Wildman–Crippen LogP) is 2.67. The summed E-state index contributed by atoms with van der Waals surface area (Å²) >= 11 is 0. The molecule has 0 bridgehead atoms. The molecule has 1 heterocycles. The lowest BCUT2D eigenvalue weighted by Crippen LogP contribution is -2.44. The maximum Gasteiger partial charge on any atom is 0.0599 e. The molecule has 1 saturated carbocycles. The summed E-state index contributed by atoms with van der Waals surface area (Å²) in [5, 5.41) is 0. The van der Waals surface area contributed by atoms with Gasteiger partial charge in [-0.2, -0.15) is 0 Å². The number of rotatable bonds is 1. The van der Waals surface area contributed by atoms with Crippen LogP contribution in [-0.4, -0.2) is 24.5 Å². The Labute approximate surface area is 87.9 Å². The van der Waals surface area contributed by atoms with E-state index >= 15 is 0 Å². The first-order valence-electron chi connectivity index (χ1n) is 6.01. The van der Waals surface area contributed by atoms with Crippen LogP contribution in [0.15, 0.2) is 0 Å². The molecule has 1 heteroatoms. The van der Waals surface area contributed by atoms with Crippen molar-refractivity contribution in [3.63, 3.8) is 0 Å². The first-order valence-corrected chi connectivity index (χ1v) is 6.01. The third-order valence-corrected chi connectivity index (χ3v) is 3.97. The second-order valence-corrected chi connectivity index (χ2v) is 5.08. The van der Waals surface area contributed by atoms with Crippen LogP contribution in [0.1, 0.15) is 44.9 Å². The highest BCUT2D eigenvalue weighted by molar-refractivity contribution is 4.94. The smallest absolute Gasteiger partial charge is 0.0599 e. The van der Waals surface area contributed by atoms with E-state index in [0.29, 0.717) is 5.41 Å². The normalized spacial score (nSPS) is 27.4. The Bertz CT molecular complexity index is 214. The number of piperidine rings is 1. The zero-order chi connectivity index (χ0) is 9.86. The van der Waals surface area contributed by atoms with Crippen molar-refractivity contribution < 1.29 is 0 Å². The summed E-state index contributed by atoms with van der Waals surface area (Å²) in [7, 11) is 0. The Kier molecular flexibility index (Phi) is 3.13. The number of terminal acetylenes is 1. The van der Waals surface area contributed by atoms with E-state index in [1.807, 2.05) is 0 Å². The quantitative estimate of drug-likeness (QED) is 0.576. The van der Waals surface area contributed by atoms with Gasteiger partial charge in [-0.05, 0) is 37.6 Å². The molecule has 0 amide bonds. The standard InChI is InChI=1S/C13H21N/c1-2-10-14-11-6-9-13(12-14)7-4-3-5-8-13/h1H,3-12H2. The van der Waals surface area contributed by atoms with Crippen LogP contribution in [0.3, 0.4) is 0 Å². The van der Waals surface area contributed by atoms with E-state index in [1.54, 1.807) is 0 Å². The Hall–Kier alpha value is -0.480. The van der Waals surface area contributed by atoms with Crippen molar-refractivity contribution in [1.82, 2.24) is 4.90 Å². The van der Waals surface area contributed by atoms with Gasteiger partial charge < -0.3 is 0 Å². The number of hydrogen-bond acceptors (Lipinski definition) is 1. The number of hydrogen-bond donors (Lipinski definition) is 0. The van der Waals surface area contributed by atoms with Crippen molar-refractivity contribution in [3.05, 3.63) is 0 Å². The third kappa shape index (κ3) is 2.12. The summed E-state index contributed by atoms with van der Waals surface area (Å²) < 4.78 is 0. The lowest BCUT2D eigenvalue weighted by Gasteiger charge is -2.44. The van der Waals surface area contributed by atoms with Crippen molar-refractivity contribution >= 4 is 0 Å². The molecule has 2 rings (SSSR count). The second-order valence-electron chi connectivity index (χ2n) is 5.08. The molecule has 1 saturated heterocycles. The topological polar surface area (TPSA) is 3.24 Å². The highest BCUT2D eigenvalue weighted by Gasteiger charge is 2.35. The summed E-state index contributed by atoms with van der Waals surface area (Å²) in [5.41, 5.74) is 0.660. The first kappa shape index (κ1) is 10.1. The van der Waals surface area contributed by atoms with Gasteiger partial charge in [0.05, 0.1) is 6.54 Å². The van der Waals surface area contributed by atoms with E-state index < -0.39 is 0 Å². The summed E-state index contributed by atoms with van der Waals surface area (Å²) in [6, 6.07) is 0. The largest absolute Gasteiger partial charge is 0.292 e. The Morgan fingerprint density at radius 2 is 1.79 bits per heavy atom. The van der Waals surface area contributed by atoms with Gasteiger partial charge in [-0.1, -0.05) is 25.2 Å². The van der Waals surface area contributed by atoms with E-state index in [-0.39, 0.29) is 0 Å². The van der Waals surface area contributed by atoms with Gasteiger partial charge in [-0.25, -0.2) is 0 Å². The average Bonchev–Trinajstić information content (AvgIpc) is 2.19. The Balaban J connectivity index is 1.95. The lowest BCUT2D eigenvalue weighted by atomic mass is 9.69. The van der Waals surface area contributed by atoms with E-state index in [2.05, 4.69) is 10.8 Å². The van der Waals surface area contributed by atoms with E-state index in [0.717, 1.165) is 6.54 Å². The van der Waals surface area contributed by atoms with E-state index in [9.17, 15) is 0 Å². The minimum Gasteiger partial charge on any atom is -0.292 e. The molecule has 1 spiro atoms. The molecule has 1 nitrogen and oxygen atoms in total. The summed E-state index contributed by atoms with van der Waals surface area (Å²) in [6.45, 7) is 3.37. The van der Waals surface area contributed by atoms with Crippen molar-refractivity contribution in [2.75, 3.05) is 19.6 Å².